The van der Waals surface area contributed by atoms with Gasteiger partial charge >= 0.3 is 0 Å². The largest absolute Gasteiger partial charge is 0.307 e. The van der Waals surface area contributed by atoms with E-state index in [-0.39, 0.29) is 0 Å². The lowest BCUT2D eigenvalue weighted by molar-refractivity contribution is 0.384. The maximum atomic E-state index is 4.22. The molecule has 1 rings (SSSR count). The maximum absolute atomic E-state index is 4.22. The van der Waals surface area contributed by atoms with Gasteiger partial charge in [0.2, 0.25) is 0 Å². The lowest BCUT2D eigenvalue weighted by Crippen LogP contribution is -2.31. The molecule has 0 radical (unpaired) electrons. The van der Waals surface area contributed by atoms with Gasteiger partial charge in [0.05, 0.1) is 0 Å². The second kappa shape index (κ2) is 10.8. The van der Waals surface area contributed by atoms with Crippen LogP contribution in [0.3, 0.4) is 0 Å². The Morgan fingerprint density at radius 2 is 1.70 bits per heavy atom. The number of nitrogens with one attached hydrogen (secondary N) is 1. The number of aromatic nitrogens is 1. The monoisotopic (exact) mass is 276 g/mol. The third-order valence-electron chi connectivity index (χ3n) is 3.98. The van der Waals surface area contributed by atoms with Crippen LogP contribution in [0.25, 0.3) is 0 Å². The van der Waals surface area contributed by atoms with Crippen molar-refractivity contribution >= 4 is 0 Å². The molecule has 1 atom stereocenters. The summed E-state index contributed by atoms with van der Waals surface area (Å²) in [5, 5.41) is 3.81. The van der Waals surface area contributed by atoms with Gasteiger partial charge in [-0.1, -0.05) is 58.4 Å². The summed E-state index contributed by atoms with van der Waals surface area (Å²) in [5.74, 6) is 0. The second-order valence-corrected chi connectivity index (χ2v) is 5.86. The van der Waals surface area contributed by atoms with Gasteiger partial charge in [-0.25, -0.2) is 0 Å². The van der Waals surface area contributed by atoms with Crippen LogP contribution in [0.1, 0.15) is 83.7 Å². The van der Waals surface area contributed by atoms with Gasteiger partial charge in [0.25, 0.3) is 0 Å². The predicted molar refractivity (Wildman–Crippen MR) is 87.9 cm³/mol. The molecule has 1 heterocycles. The molecule has 0 aromatic carbocycles. The smallest absolute Gasteiger partial charge is 0.0315 e. The summed E-state index contributed by atoms with van der Waals surface area (Å²) in [5.41, 5.74) is 1.29. The Bertz CT molecular complexity index is 313. The molecule has 0 saturated heterocycles. The van der Waals surface area contributed by atoms with E-state index in [2.05, 4.69) is 37.1 Å². The quantitative estimate of drug-likeness (QED) is 0.557. The molecule has 0 saturated carbocycles. The number of hydrogen-bond donors (Lipinski definition) is 1. The first-order chi connectivity index (χ1) is 9.77. The van der Waals surface area contributed by atoms with E-state index >= 15 is 0 Å². The van der Waals surface area contributed by atoms with Gasteiger partial charge in [0.1, 0.15) is 0 Å². The molecule has 0 aliphatic heterocycles. The summed E-state index contributed by atoms with van der Waals surface area (Å²) < 4.78 is 0. The first kappa shape index (κ1) is 17.2. The molecule has 114 valence electrons. The number of rotatable bonds is 11. The molecule has 1 aromatic heterocycles. The van der Waals surface area contributed by atoms with Crippen LogP contribution in [0, 0.1) is 0 Å². The molecule has 20 heavy (non-hydrogen) atoms. The van der Waals surface area contributed by atoms with Crippen LogP contribution >= 0.6 is 0 Å². The fourth-order valence-corrected chi connectivity index (χ4v) is 2.67. The highest BCUT2D eigenvalue weighted by Gasteiger charge is 2.13. The second-order valence-electron chi connectivity index (χ2n) is 5.86. The summed E-state index contributed by atoms with van der Waals surface area (Å²) in [7, 11) is 0. The highest BCUT2D eigenvalue weighted by atomic mass is 14.9. The maximum Gasteiger partial charge on any atom is 0.0315 e. The number of pyridine rings is 1. The minimum atomic E-state index is 0.400. The summed E-state index contributed by atoms with van der Waals surface area (Å²) in [6.45, 7) is 6.80. The van der Waals surface area contributed by atoms with Gasteiger partial charge in [0.15, 0.2) is 0 Å². The zero-order valence-corrected chi connectivity index (χ0v) is 13.6. The van der Waals surface area contributed by atoms with Crippen molar-refractivity contribution in [2.45, 2.75) is 84.2 Å². The molecule has 1 N–H and O–H groups in total. The standard InChI is InChI=1S/C18H32N2/c1-4-6-8-12-18(13-9-7-5-2)20-16(3)17-11-10-14-19-15-17/h10-11,14-16,18,20H,4-9,12-13H2,1-3H3/t16-/m1/s1. The Labute approximate surface area is 125 Å². The van der Waals surface area contributed by atoms with Gasteiger partial charge in [-0.2, -0.15) is 0 Å². The molecule has 1 aromatic rings. The highest BCUT2D eigenvalue weighted by Crippen LogP contribution is 2.17. The number of hydrogen-bond acceptors (Lipinski definition) is 2. The van der Waals surface area contributed by atoms with Crippen molar-refractivity contribution < 1.29 is 0 Å². The predicted octanol–water partition coefficient (Wildman–Crippen LogP) is 5.26. The zero-order chi connectivity index (χ0) is 14.6. The van der Waals surface area contributed by atoms with Gasteiger partial charge in [-0.05, 0) is 31.4 Å². The number of nitrogens with zero attached hydrogens (tertiary/aromatic N) is 1. The van der Waals surface area contributed by atoms with E-state index in [4.69, 9.17) is 0 Å². The van der Waals surface area contributed by atoms with Crippen molar-refractivity contribution in [2.24, 2.45) is 0 Å². The van der Waals surface area contributed by atoms with Crippen LogP contribution in [0.5, 0.6) is 0 Å². The molecular formula is C18H32N2. The first-order valence-corrected chi connectivity index (χ1v) is 8.43. The normalized spacial score (nSPS) is 12.8. The van der Waals surface area contributed by atoms with Gasteiger partial charge in [-0.15, -0.1) is 0 Å². The lowest BCUT2D eigenvalue weighted by atomic mass is 10.00. The summed E-state index contributed by atoms with van der Waals surface area (Å²) >= 11 is 0. The van der Waals surface area contributed by atoms with Crippen molar-refractivity contribution in [3.8, 4) is 0 Å². The van der Waals surface area contributed by atoms with E-state index < -0.39 is 0 Å². The van der Waals surface area contributed by atoms with E-state index in [9.17, 15) is 0 Å². The average molecular weight is 276 g/mol. The minimum absolute atomic E-state index is 0.400. The van der Waals surface area contributed by atoms with Crippen molar-refractivity contribution in [1.29, 1.82) is 0 Å². The average Bonchev–Trinajstić information content (AvgIpc) is 2.48. The van der Waals surface area contributed by atoms with E-state index in [0.29, 0.717) is 12.1 Å². The molecule has 0 aliphatic carbocycles. The van der Waals surface area contributed by atoms with Gasteiger partial charge < -0.3 is 5.32 Å². The third kappa shape index (κ3) is 7.04. The molecule has 0 unspecified atom stereocenters. The first-order valence-electron chi connectivity index (χ1n) is 8.43. The van der Waals surface area contributed by atoms with Gasteiger partial charge in [0, 0.05) is 24.5 Å². The third-order valence-corrected chi connectivity index (χ3v) is 3.98. The van der Waals surface area contributed by atoms with Crippen LogP contribution in [-0.2, 0) is 0 Å². The van der Waals surface area contributed by atoms with Crippen molar-refractivity contribution in [2.75, 3.05) is 0 Å². The molecule has 0 aliphatic rings. The van der Waals surface area contributed by atoms with Crippen molar-refractivity contribution in [3.63, 3.8) is 0 Å². The van der Waals surface area contributed by atoms with Gasteiger partial charge in [-0.3, -0.25) is 4.98 Å². The fraction of sp³-hybridized carbons (Fsp3) is 0.722. The van der Waals surface area contributed by atoms with Crippen LogP contribution in [0.15, 0.2) is 24.5 Å². The number of unbranched alkanes of at least 4 members (excludes halogenated alkanes) is 4. The Morgan fingerprint density at radius 3 is 2.20 bits per heavy atom. The molecule has 2 heteroatoms. The summed E-state index contributed by atoms with van der Waals surface area (Å²) in [6, 6.07) is 5.25. The lowest BCUT2D eigenvalue weighted by Gasteiger charge is -2.23. The molecule has 0 fully saturated rings. The topological polar surface area (TPSA) is 24.9 Å². The molecule has 0 bridgehead atoms. The Morgan fingerprint density at radius 1 is 1.05 bits per heavy atom. The molecule has 2 nitrogen and oxygen atoms in total. The SMILES string of the molecule is CCCCCC(CCCCC)N[C@H](C)c1cccnc1. The Kier molecular flexibility index (Phi) is 9.31. The van der Waals surface area contributed by atoms with Crippen molar-refractivity contribution in [1.82, 2.24) is 10.3 Å². The zero-order valence-electron chi connectivity index (χ0n) is 13.6. The highest BCUT2D eigenvalue weighted by molar-refractivity contribution is 5.12. The fourth-order valence-electron chi connectivity index (χ4n) is 2.67. The van der Waals surface area contributed by atoms with E-state index in [0.717, 1.165) is 0 Å². The molecular weight excluding hydrogens is 244 g/mol. The Hall–Kier alpha value is -0.890. The van der Waals surface area contributed by atoms with Crippen LogP contribution in [0.2, 0.25) is 0 Å². The van der Waals surface area contributed by atoms with Crippen molar-refractivity contribution in [3.05, 3.63) is 30.1 Å². The van der Waals surface area contributed by atoms with E-state index in [1.807, 2.05) is 18.5 Å². The summed E-state index contributed by atoms with van der Waals surface area (Å²) in [6.07, 6.45) is 14.5. The Balaban J connectivity index is 2.44. The van der Waals surface area contributed by atoms with Crippen LogP contribution in [-0.4, -0.2) is 11.0 Å². The van der Waals surface area contributed by atoms with Crippen LogP contribution < -0.4 is 5.32 Å². The van der Waals surface area contributed by atoms with E-state index in [1.165, 1.54) is 56.9 Å². The van der Waals surface area contributed by atoms with E-state index in [1.54, 1.807) is 0 Å². The molecule has 0 spiro atoms. The van der Waals surface area contributed by atoms with Crippen LogP contribution in [0.4, 0.5) is 0 Å². The minimum Gasteiger partial charge on any atom is -0.307 e. The molecule has 0 amide bonds. The summed E-state index contributed by atoms with van der Waals surface area (Å²) in [4.78, 5) is 4.22.